The second kappa shape index (κ2) is 6.42. The zero-order chi connectivity index (χ0) is 19.1. The molecule has 0 aliphatic carbocycles. The van der Waals surface area contributed by atoms with Crippen molar-refractivity contribution in [3.8, 4) is 5.75 Å². The van der Waals surface area contributed by atoms with E-state index < -0.39 is 5.41 Å². The normalized spacial score (nSPS) is 12.5. The van der Waals surface area contributed by atoms with E-state index in [0.717, 1.165) is 5.56 Å². The van der Waals surface area contributed by atoms with Gasteiger partial charge < -0.3 is 5.11 Å². The molecule has 0 aliphatic heterocycles. The van der Waals surface area contributed by atoms with Crippen LogP contribution in [0.1, 0.15) is 51.3 Å². The molecule has 3 aromatic carbocycles. The molecule has 0 aromatic heterocycles. The first-order chi connectivity index (χ1) is 12.1. The Morgan fingerprint density at radius 2 is 1.54 bits per heavy atom. The van der Waals surface area contributed by atoms with E-state index in [1.807, 2.05) is 13.8 Å². The standard InChI is InChI=1S/C24H27FO/c1-23(2,3)19-12-11-17-10-9-16(13-18(17)14-19)15-24(4,5)22-20(25)7-6-8-21(22)26/h6-14,26H,15H2,1-5H3. The van der Waals surface area contributed by atoms with Gasteiger partial charge in [-0.25, -0.2) is 4.39 Å². The minimum atomic E-state index is -0.509. The summed E-state index contributed by atoms with van der Waals surface area (Å²) in [5.74, 6) is -0.336. The van der Waals surface area contributed by atoms with Crippen molar-refractivity contribution in [2.75, 3.05) is 0 Å². The third-order valence-corrected chi connectivity index (χ3v) is 5.09. The van der Waals surface area contributed by atoms with E-state index in [4.69, 9.17) is 0 Å². The van der Waals surface area contributed by atoms with Crippen LogP contribution in [0.2, 0.25) is 0 Å². The first-order valence-electron chi connectivity index (χ1n) is 9.09. The van der Waals surface area contributed by atoms with Gasteiger partial charge >= 0.3 is 0 Å². The molecule has 0 saturated carbocycles. The van der Waals surface area contributed by atoms with Gasteiger partial charge in [-0.3, -0.25) is 0 Å². The van der Waals surface area contributed by atoms with Gasteiger partial charge in [-0.2, -0.15) is 0 Å². The smallest absolute Gasteiger partial charge is 0.130 e. The number of aromatic hydroxyl groups is 1. The van der Waals surface area contributed by atoms with Gasteiger partial charge in [0.1, 0.15) is 11.6 Å². The lowest BCUT2D eigenvalue weighted by Gasteiger charge is -2.27. The lowest BCUT2D eigenvalue weighted by Crippen LogP contribution is -2.22. The van der Waals surface area contributed by atoms with Gasteiger partial charge in [-0.15, -0.1) is 0 Å². The van der Waals surface area contributed by atoms with Gasteiger partial charge in [0.25, 0.3) is 0 Å². The number of rotatable bonds is 3. The molecule has 0 radical (unpaired) electrons. The summed E-state index contributed by atoms with van der Waals surface area (Å²) in [6, 6.07) is 17.5. The number of fused-ring (bicyclic) bond motifs is 1. The number of hydrogen-bond acceptors (Lipinski definition) is 1. The summed E-state index contributed by atoms with van der Waals surface area (Å²) in [6.45, 7) is 10.6. The van der Waals surface area contributed by atoms with Crippen molar-refractivity contribution in [3.05, 3.63) is 77.1 Å². The van der Waals surface area contributed by atoms with Gasteiger partial charge in [0, 0.05) is 11.0 Å². The molecule has 26 heavy (non-hydrogen) atoms. The number of phenols is 1. The third-order valence-electron chi connectivity index (χ3n) is 5.09. The highest BCUT2D eigenvalue weighted by Crippen LogP contribution is 2.36. The minimum Gasteiger partial charge on any atom is -0.508 e. The maximum Gasteiger partial charge on any atom is 0.130 e. The highest BCUT2D eigenvalue weighted by atomic mass is 19.1. The maximum absolute atomic E-state index is 14.3. The SMILES string of the molecule is CC(C)(C)c1ccc2ccc(CC(C)(C)c3c(O)cccc3F)cc2c1. The van der Waals surface area contributed by atoms with Crippen molar-refractivity contribution in [1.82, 2.24) is 0 Å². The molecular weight excluding hydrogens is 323 g/mol. The molecule has 0 aliphatic rings. The molecule has 0 fully saturated rings. The first kappa shape index (κ1) is 18.4. The van der Waals surface area contributed by atoms with Crippen molar-refractivity contribution in [3.63, 3.8) is 0 Å². The average Bonchev–Trinajstić information content (AvgIpc) is 2.52. The van der Waals surface area contributed by atoms with Gasteiger partial charge in [-0.1, -0.05) is 77.1 Å². The Kier molecular flexibility index (Phi) is 4.56. The molecule has 1 N–H and O–H groups in total. The van der Waals surface area contributed by atoms with Crippen molar-refractivity contribution in [2.24, 2.45) is 0 Å². The largest absolute Gasteiger partial charge is 0.508 e. The maximum atomic E-state index is 14.3. The summed E-state index contributed by atoms with van der Waals surface area (Å²) >= 11 is 0. The predicted octanol–water partition coefficient (Wildman–Crippen LogP) is 6.50. The third kappa shape index (κ3) is 3.60. The number of benzene rings is 3. The summed E-state index contributed by atoms with van der Waals surface area (Å²) in [6.07, 6.45) is 0.650. The number of halogens is 1. The summed E-state index contributed by atoms with van der Waals surface area (Å²) < 4.78 is 14.3. The van der Waals surface area contributed by atoms with Crippen LogP contribution in [0.3, 0.4) is 0 Å². The monoisotopic (exact) mass is 350 g/mol. The van der Waals surface area contributed by atoms with Gasteiger partial charge in [-0.05, 0) is 45.9 Å². The summed E-state index contributed by atoms with van der Waals surface area (Å²) in [5.41, 5.74) is 2.40. The van der Waals surface area contributed by atoms with E-state index in [1.165, 1.54) is 28.5 Å². The molecule has 2 heteroatoms. The van der Waals surface area contributed by atoms with Gasteiger partial charge in [0.05, 0.1) is 0 Å². The van der Waals surface area contributed by atoms with E-state index in [1.54, 1.807) is 6.07 Å². The van der Waals surface area contributed by atoms with Crippen molar-refractivity contribution in [1.29, 1.82) is 0 Å². The van der Waals surface area contributed by atoms with Crippen LogP contribution in [0, 0.1) is 5.82 Å². The van der Waals surface area contributed by atoms with E-state index in [0.29, 0.717) is 12.0 Å². The number of phenolic OH excluding ortho intramolecular Hbond substituents is 1. The summed E-state index contributed by atoms with van der Waals surface area (Å²) in [4.78, 5) is 0. The molecule has 0 saturated heterocycles. The van der Waals surface area contributed by atoms with Crippen LogP contribution in [0.4, 0.5) is 4.39 Å². The molecule has 0 amide bonds. The Morgan fingerprint density at radius 3 is 2.19 bits per heavy atom. The zero-order valence-corrected chi connectivity index (χ0v) is 16.2. The fourth-order valence-electron chi connectivity index (χ4n) is 3.65. The van der Waals surface area contributed by atoms with Crippen LogP contribution in [-0.2, 0) is 17.3 Å². The minimum absolute atomic E-state index is 0.0193. The molecule has 3 aromatic rings. The van der Waals surface area contributed by atoms with Crippen LogP contribution in [0.15, 0.2) is 54.6 Å². The molecular formula is C24H27FO. The molecule has 1 nitrogen and oxygen atoms in total. The zero-order valence-electron chi connectivity index (χ0n) is 16.2. The Hall–Kier alpha value is -2.35. The summed E-state index contributed by atoms with van der Waals surface area (Å²) in [7, 11) is 0. The molecule has 0 spiro atoms. The Balaban J connectivity index is 2.00. The Labute approximate surface area is 155 Å². The molecule has 0 bridgehead atoms. The molecule has 136 valence electrons. The van der Waals surface area contributed by atoms with Crippen molar-refractivity contribution >= 4 is 10.8 Å². The van der Waals surface area contributed by atoms with Gasteiger partial charge in [0.2, 0.25) is 0 Å². The van der Waals surface area contributed by atoms with Crippen LogP contribution in [0.25, 0.3) is 10.8 Å². The van der Waals surface area contributed by atoms with E-state index in [9.17, 15) is 9.50 Å². The van der Waals surface area contributed by atoms with Crippen LogP contribution in [-0.4, -0.2) is 5.11 Å². The van der Waals surface area contributed by atoms with E-state index in [2.05, 4.69) is 57.2 Å². The topological polar surface area (TPSA) is 20.2 Å². The fourth-order valence-corrected chi connectivity index (χ4v) is 3.65. The summed E-state index contributed by atoms with van der Waals surface area (Å²) in [5, 5.41) is 12.6. The molecule has 0 atom stereocenters. The van der Waals surface area contributed by atoms with Gasteiger partial charge in [0.15, 0.2) is 0 Å². The van der Waals surface area contributed by atoms with Crippen molar-refractivity contribution < 1.29 is 9.50 Å². The van der Waals surface area contributed by atoms with Crippen LogP contribution < -0.4 is 0 Å². The van der Waals surface area contributed by atoms with Crippen LogP contribution >= 0.6 is 0 Å². The molecule has 3 rings (SSSR count). The second-order valence-corrected chi connectivity index (χ2v) is 8.84. The lowest BCUT2D eigenvalue weighted by atomic mass is 9.78. The number of hydrogen-bond donors (Lipinski definition) is 1. The van der Waals surface area contributed by atoms with E-state index >= 15 is 0 Å². The second-order valence-electron chi connectivity index (χ2n) is 8.84. The Morgan fingerprint density at radius 1 is 0.846 bits per heavy atom. The average molecular weight is 350 g/mol. The molecule has 0 heterocycles. The van der Waals surface area contributed by atoms with Crippen molar-refractivity contribution in [2.45, 2.75) is 51.9 Å². The first-order valence-corrected chi connectivity index (χ1v) is 9.09. The van der Waals surface area contributed by atoms with Crippen LogP contribution in [0.5, 0.6) is 5.75 Å². The highest BCUT2D eigenvalue weighted by Gasteiger charge is 2.28. The predicted molar refractivity (Wildman–Crippen MR) is 107 cm³/mol. The highest BCUT2D eigenvalue weighted by molar-refractivity contribution is 5.84. The Bertz CT molecular complexity index is 928. The molecule has 0 unspecified atom stereocenters. The van der Waals surface area contributed by atoms with E-state index in [-0.39, 0.29) is 17.0 Å². The quantitative estimate of drug-likeness (QED) is 0.571. The lowest BCUT2D eigenvalue weighted by molar-refractivity contribution is 0.413. The fraction of sp³-hybridized carbons (Fsp3) is 0.333.